The van der Waals surface area contributed by atoms with Gasteiger partial charge in [-0.25, -0.2) is 0 Å². The van der Waals surface area contributed by atoms with Crippen molar-refractivity contribution in [3.05, 3.63) is 0 Å². The monoisotopic (exact) mass is 178 g/mol. The van der Waals surface area contributed by atoms with Gasteiger partial charge in [-0.15, -0.1) is 0 Å². The lowest BCUT2D eigenvalue weighted by Gasteiger charge is -2.24. The van der Waals surface area contributed by atoms with Crippen molar-refractivity contribution in [1.82, 2.24) is 0 Å². The van der Waals surface area contributed by atoms with E-state index in [4.69, 9.17) is 4.18 Å². The first-order chi connectivity index (χ1) is 4.83. The van der Waals surface area contributed by atoms with Gasteiger partial charge in [0, 0.05) is 0 Å². The van der Waals surface area contributed by atoms with Crippen LogP contribution in [0.15, 0.2) is 0 Å². The second kappa shape index (κ2) is 4.52. The second-order valence-electron chi connectivity index (χ2n) is 3.05. The van der Waals surface area contributed by atoms with E-state index in [1.807, 2.05) is 0 Å². The SMILES string of the molecule is C[C@H]1CC[C@H](OSS)CC1. The Morgan fingerprint density at radius 3 is 2.40 bits per heavy atom. The molecule has 0 aromatic carbocycles. The van der Waals surface area contributed by atoms with Gasteiger partial charge in [0.15, 0.2) is 0 Å². The molecular formula is C7H14OS2. The Balaban J connectivity index is 2.13. The lowest BCUT2D eigenvalue weighted by atomic mass is 9.89. The summed E-state index contributed by atoms with van der Waals surface area (Å²) in [5, 5.41) is 0. The third-order valence-corrected chi connectivity index (χ3v) is 2.76. The van der Waals surface area contributed by atoms with E-state index in [9.17, 15) is 0 Å². The Kier molecular flexibility index (Phi) is 3.96. The molecule has 1 nitrogen and oxygen atoms in total. The standard InChI is InChI=1S/C7H14OS2/c1-6-2-4-7(5-3-6)8-10-9/h6-7,9H,2-5H2,1H3/t6-,7-. The third kappa shape index (κ3) is 2.72. The van der Waals surface area contributed by atoms with Crippen LogP contribution < -0.4 is 0 Å². The van der Waals surface area contributed by atoms with Crippen molar-refractivity contribution in [3.8, 4) is 0 Å². The van der Waals surface area contributed by atoms with Gasteiger partial charge >= 0.3 is 0 Å². The van der Waals surface area contributed by atoms with Crippen LogP contribution >= 0.6 is 22.7 Å². The van der Waals surface area contributed by atoms with Crippen molar-refractivity contribution in [3.63, 3.8) is 0 Å². The Morgan fingerprint density at radius 1 is 1.30 bits per heavy atom. The molecule has 1 aliphatic carbocycles. The molecule has 0 saturated heterocycles. The molecular weight excluding hydrogens is 164 g/mol. The predicted octanol–water partition coefficient (Wildman–Crippen LogP) is 3.07. The van der Waals surface area contributed by atoms with E-state index < -0.39 is 0 Å². The van der Waals surface area contributed by atoms with Crippen molar-refractivity contribution in [2.45, 2.75) is 38.7 Å². The largest absolute Gasteiger partial charge is 0.302 e. The minimum Gasteiger partial charge on any atom is -0.302 e. The Labute approximate surface area is 71.9 Å². The van der Waals surface area contributed by atoms with Crippen molar-refractivity contribution < 1.29 is 4.18 Å². The first-order valence-corrected chi connectivity index (χ1v) is 5.59. The van der Waals surface area contributed by atoms with Gasteiger partial charge < -0.3 is 4.18 Å². The Hall–Kier alpha value is 0.660. The van der Waals surface area contributed by atoms with Crippen molar-refractivity contribution in [2.24, 2.45) is 5.92 Å². The fraction of sp³-hybridized carbons (Fsp3) is 1.00. The first kappa shape index (κ1) is 8.75. The molecule has 0 heterocycles. The van der Waals surface area contributed by atoms with Crippen molar-refractivity contribution in [1.29, 1.82) is 0 Å². The molecule has 10 heavy (non-hydrogen) atoms. The quantitative estimate of drug-likeness (QED) is 0.395. The van der Waals surface area contributed by atoms with Gasteiger partial charge in [0.1, 0.15) is 0 Å². The molecule has 0 atom stereocenters. The highest BCUT2D eigenvalue weighted by Gasteiger charge is 2.18. The average Bonchev–Trinajstić information content (AvgIpc) is 1.95. The van der Waals surface area contributed by atoms with E-state index in [0.717, 1.165) is 5.92 Å². The summed E-state index contributed by atoms with van der Waals surface area (Å²) in [4.78, 5) is 0. The average molecular weight is 178 g/mol. The van der Waals surface area contributed by atoms with Crippen LogP contribution in [0.5, 0.6) is 0 Å². The zero-order valence-corrected chi connectivity index (χ0v) is 7.96. The predicted molar refractivity (Wildman–Crippen MR) is 49.1 cm³/mol. The maximum atomic E-state index is 5.31. The van der Waals surface area contributed by atoms with E-state index in [2.05, 4.69) is 18.6 Å². The zero-order chi connectivity index (χ0) is 7.40. The van der Waals surface area contributed by atoms with Crippen molar-refractivity contribution >= 4 is 22.7 Å². The molecule has 0 amide bonds. The summed E-state index contributed by atoms with van der Waals surface area (Å²) in [6, 6.07) is 0. The van der Waals surface area contributed by atoms with Gasteiger partial charge in [-0.1, -0.05) is 18.6 Å². The van der Waals surface area contributed by atoms with Crippen LogP contribution in [0, 0.1) is 5.92 Å². The summed E-state index contributed by atoms with van der Waals surface area (Å²) in [6.45, 7) is 2.31. The number of thiol groups is 1. The van der Waals surface area contributed by atoms with E-state index in [0.29, 0.717) is 6.10 Å². The van der Waals surface area contributed by atoms with Crippen molar-refractivity contribution in [2.75, 3.05) is 0 Å². The fourth-order valence-corrected chi connectivity index (χ4v) is 2.07. The number of hydrogen-bond acceptors (Lipinski definition) is 3. The Morgan fingerprint density at radius 2 is 1.90 bits per heavy atom. The normalized spacial score (nSPS) is 34.2. The van der Waals surface area contributed by atoms with Crippen LogP contribution in [0.1, 0.15) is 32.6 Å². The molecule has 0 unspecified atom stereocenters. The van der Waals surface area contributed by atoms with Gasteiger partial charge in [-0.3, -0.25) is 0 Å². The molecule has 1 rings (SSSR count). The topological polar surface area (TPSA) is 9.23 Å². The fourth-order valence-electron chi connectivity index (χ4n) is 1.39. The molecule has 1 saturated carbocycles. The van der Waals surface area contributed by atoms with E-state index >= 15 is 0 Å². The summed E-state index contributed by atoms with van der Waals surface area (Å²) < 4.78 is 5.31. The highest BCUT2D eigenvalue weighted by atomic mass is 33.1. The maximum Gasteiger partial charge on any atom is 0.0732 e. The summed E-state index contributed by atoms with van der Waals surface area (Å²) >= 11 is 5.15. The molecule has 0 radical (unpaired) electrons. The van der Waals surface area contributed by atoms with Gasteiger partial charge in [-0.2, -0.15) is 0 Å². The van der Waals surface area contributed by atoms with Crippen LogP contribution in [0.2, 0.25) is 0 Å². The summed E-state index contributed by atoms with van der Waals surface area (Å²) in [6.07, 6.45) is 5.54. The maximum absolute atomic E-state index is 5.31. The highest BCUT2D eigenvalue weighted by Crippen LogP contribution is 2.28. The molecule has 0 spiro atoms. The number of hydrogen-bond donors (Lipinski definition) is 1. The minimum absolute atomic E-state index is 0.471. The summed E-state index contributed by atoms with van der Waals surface area (Å²) in [7, 11) is 0. The number of rotatable bonds is 2. The molecule has 1 fully saturated rings. The van der Waals surface area contributed by atoms with E-state index in [1.165, 1.54) is 36.8 Å². The van der Waals surface area contributed by atoms with Crippen LogP contribution in [-0.2, 0) is 4.18 Å². The minimum atomic E-state index is 0.471. The second-order valence-corrected chi connectivity index (χ2v) is 3.84. The van der Waals surface area contributed by atoms with Gasteiger partial charge in [-0.05, 0) is 31.6 Å². The molecule has 60 valence electrons. The molecule has 1 aliphatic rings. The molecule has 0 N–H and O–H groups in total. The van der Waals surface area contributed by atoms with Crippen LogP contribution in [0.4, 0.5) is 0 Å². The lowest BCUT2D eigenvalue weighted by Crippen LogP contribution is -2.17. The van der Waals surface area contributed by atoms with Gasteiger partial charge in [0.25, 0.3) is 0 Å². The highest BCUT2D eigenvalue weighted by molar-refractivity contribution is 8.66. The van der Waals surface area contributed by atoms with Crippen LogP contribution in [0.3, 0.4) is 0 Å². The molecule has 0 aliphatic heterocycles. The molecule has 0 aromatic rings. The van der Waals surface area contributed by atoms with Crippen LogP contribution in [-0.4, -0.2) is 6.10 Å². The molecule has 0 aromatic heterocycles. The van der Waals surface area contributed by atoms with Gasteiger partial charge in [0.05, 0.1) is 17.2 Å². The zero-order valence-electron chi connectivity index (χ0n) is 6.25. The van der Waals surface area contributed by atoms with Gasteiger partial charge in [0.2, 0.25) is 0 Å². The lowest BCUT2D eigenvalue weighted by molar-refractivity contribution is 0.163. The smallest absolute Gasteiger partial charge is 0.0732 e. The molecule has 3 heteroatoms. The first-order valence-electron chi connectivity index (χ1n) is 3.80. The summed E-state index contributed by atoms with van der Waals surface area (Å²) in [5.41, 5.74) is 0. The Bertz CT molecular complexity index is 89.6. The van der Waals surface area contributed by atoms with E-state index in [-0.39, 0.29) is 0 Å². The molecule has 0 bridgehead atoms. The van der Waals surface area contributed by atoms with Crippen LogP contribution in [0.25, 0.3) is 0 Å². The third-order valence-electron chi connectivity index (χ3n) is 2.14. The van der Waals surface area contributed by atoms with E-state index in [1.54, 1.807) is 0 Å². The summed E-state index contributed by atoms with van der Waals surface area (Å²) in [5.74, 6) is 0.907.